The fraction of sp³-hybridized carbons (Fsp3) is 0.500. The van der Waals surface area contributed by atoms with Gasteiger partial charge in [0.15, 0.2) is 0 Å². The van der Waals surface area contributed by atoms with Crippen LogP contribution in [-0.2, 0) is 11.2 Å². The zero-order valence-electron chi connectivity index (χ0n) is 10.4. The van der Waals surface area contributed by atoms with Crippen LogP contribution in [0.5, 0.6) is 0 Å². The van der Waals surface area contributed by atoms with E-state index in [0.717, 1.165) is 32.4 Å². The minimum atomic E-state index is -0.704. The molecule has 0 aromatic heterocycles. The minimum Gasteiger partial charge on any atom is -0.481 e. The SMILES string of the molecule is Cc1ccc(CCNCCCCC(=O)O)cc1. The van der Waals surface area contributed by atoms with Gasteiger partial charge in [-0.25, -0.2) is 0 Å². The molecule has 0 aliphatic heterocycles. The third kappa shape index (κ3) is 6.74. The highest BCUT2D eigenvalue weighted by atomic mass is 16.4. The second-order valence-electron chi connectivity index (χ2n) is 4.34. The minimum absolute atomic E-state index is 0.277. The Bertz CT molecular complexity index is 333. The van der Waals surface area contributed by atoms with E-state index in [-0.39, 0.29) is 6.42 Å². The van der Waals surface area contributed by atoms with E-state index in [1.807, 2.05) is 0 Å². The molecule has 0 amide bonds. The molecule has 0 heterocycles. The van der Waals surface area contributed by atoms with Crippen molar-refractivity contribution in [2.45, 2.75) is 32.6 Å². The summed E-state index contributed by atoms with van der Waals surface area (Å²) >= 11 is 0. The molecule has 0 saturated carbocycles. The van der Waals surface area contributed by atoms with Gasteiger partial charge in [0, 0.05) is 6.42 Å². The second-order valence-corrected chi connectivity index (χ2v) is 4.34. The van der Waals surface area contributed by atoms with Gasteiger partial charge in [0.2, 0.25) is 0 Å². The average molecular weight is 235 g/mol. The molecule has 0 fully saturated rings. The molecular formula is C14H21NO2. The Hall–Kier alpha value is -1.35. The molecule has 0 atom stereocenters. The van der Waals surface area contributed by atoms with Gasteiger partial charge in [-0.3, -0.25) is 4.79 Å². The standard InChI is InChI=1S/C14H21NO2/c1-12-5-7-13(8-6-12)9-11-15-10-3-2-4-14(16)17/h5-8,15H,2-4,9-11H2,1H3,(H,16,17). The van der Waals surface area contributed by atoms with E-state index in [2.05, 4.69) is 36.5 Å². The van der Waals surface area contributed by atoms with Crippen molar-refractivity contribution in [1.29, 1.82) is 0 Å². The van der Waals surface area contributed by atoms with Gasteiger partial charge in [0.1, 0.15) is 0 Å². The van der Waals surface area contributed by atoms with Crippen molar-refractivity contribution in [2.24, 2.45) is 0 Å². The fourth-order valence-electron chi connectivity index (χ4n) is 1.64. The lowest BCUT2D eigenvalue weighted by Crippen LogP contribution is -2.18. The summed E-state index contributed by atoms with van der Waals surface area (Å²) < 4.78 is 0. The summed E-state index contributed by atoms with van der Waals surface area (Å²) in [4.78, 5) is 10.3. The number of aryl methyl sites for hydroxylation is 1. The molecule has 1 aromatic rings. The first-order chi connectivity index (χ1) is 8.18. The number of carboxylic acids is 1. The summed E-state index contributed by atoms with van der Waals surface area (Å²) in [5.74, 6) is -0.704. The molecule has 1 rings (SSSR count). The zero-order valence-corrected chi connectivity index (χ0v) is 10.4. The first-order valence-electron chi connectivity index (χ1n) is 6.16. The summed E-state index contributed by atoms with van der Waals surface area (Å²) in [7, 11) is 0. The number of rotatable bonds is 8. The molecule has 0 unspecified atom stereocenters. The van der Waals surface area contributed by atoms with Crippen LogP contribution in [0.1, 0.15) is 30.4 Å². The highest BCUT2D eigenvalue weighted by Gasteiger charge is 1.96. The highest BCUT2D eigenvalue weighted by molar-refractivity contribution is 5.66. The van der Waals surface area contributed by atoms with Gasteiger partial charge in [-0.2, -0.15) is 0 Å². The maximum absolute atomic E-state index is 10.3. The summed E-state index contributed by atoms with van der Waals surface area (Å²) in [6, 6.07) is 8.56. The van der Waals surface area contributed by atoms with Crippen LogP contribution in [-0.4, -0.2) is 24.2 Å². The Morgan fingerprint density at radius 2 is 1.88 bits per heavy atom. The fourth-order valence-corrected chi connectivity index (χ4v) is 1.64. The van der Waals surface area contributed by atoms with E-state index in [9.17, 15) is 4.79 Å². The van der Waals surface area contributed by atoms with Crippen molar-refractivity contribution < 1.29 is 9.90 Å². The smallest absolute Gasteiger partial charge is 0.303 e. The predicted molar refractivity (Wildman–Crippen MR) is 69.2 cm³/mol. The zero-order chi connectivity index (χ0) is 12.5. The monoisotopic (exact) mass is 235 g/mol. The van der Waals surface area contributed by atoms with E-state index < -0.39 is 5.97 Å². The maximum atomic E-state index is 10.3. The van der Waals surface area contributed by atoms with Gasteiger partial charge in [0.05, 0.1) is 0 Å². The van der Waals surface area contributed by atoms with Crippen LogP contribution in [0.3, 0.4) is 0 Å². The molecular weight excluding hydrogens is 214 g/mol. The Labute approximate surface area is 103 Å². The van der Waals surface area contributed by atoms with Crippen LogP contribution in [0.4, 0.5) is 0 Å². The number of unbranched alkanes of at least 4 members (excludes halogenated alkanes) is 1. The van der Waals surface area contributed by atoms with Gasteiger partial charge in [-0.1, -0.05) is 29.8 Å². The van der Waals surface area contributed by atoms with Crippen molar-refractivity contribution in [3.8, 4) is 0 Å². The first kappa shape index (κ1) is 13.7. The second kappa shape index (κ2) is 7.85. The van der Waals surface area contributed by atoms with E-state index in [1.165, 1.54) is 11.1 Å². The van der Waals surface area contributed by atoms with Crippen LogP contribution < -0.4 is 5.32 Å². The number of carbonyl (C=O) groups is 1. The third-order valence-corrected chi connectivity index (χ3v) is 2.71. The molecule has 0 saturated heterocycles. The molecule has 0 aliphatic rings. The van der Waals surface area contributed by atoms with Crippen LogP contribution in [0.25, 0.3) is 0 Å². The van der Waals surface area contributed by atoms with E-state index in [0.29, 0.717) is 0 Å². The van der Waals surface area contributed by atoms with Gasteiger partial charge in [-0.05, 0) is 44.8 Å². The quantitative estimate of drug-likeness (QED) is 0.680. The number of aliphatic carboxylic acids is 1. The number of hydrogen-bond donors (Lipinski definition) is 2. The molecule has 0 aliphatic carbocycles. The van der Waals surface area contributed by atoms with E-state index in [1.54, 1.807) is 0 Å². The van der Waals surface area contributed by atoms with Gasteiger partial charge in [-0.15, -0.1) is 0 Å². The summed E-state index contributed by atoms with van der Waals surface area (Å²) in [5.41, 5.74) is 2.63. The lowest BCUT2D eigenvalue weighted by molar-refractivity contribution is -0.137. The Balaban J connectivity index is 2.01. The third-order valence-electron chi connectivity index (χ3n) is 2.71. The number of benzene rings is 1. The van der Waals surface area contributed by atoms with E-state index >= 15 is 0 Å². The van der Waals surface area contributed by atoms with Crippen LogP contribution in [0.15, 0.2) is 24.3 Å². The molecule has 0 spiro atoms. The topological polar surface area (TPSA) is 49.3 Å². The molecule has 2 N–H and O–H groups in total. The summed E-state index contributed by atoms with van der Waals surface area (Å²) in [6.45, 7) is 3.94. The molecule has 3 nitrogen and oxygen atoms in total. The summed E-state index contributed by atoms with van der Waals surface area (Å²) in [6.07, 6.45) is 2.99. The average Bonchev–Trinajstić information content (AvgIpc) is 2.30. The van der Waals surface area contributed by atoms with Crippen LogP contribution >= 0.6 is 0 Å². The number of hydrogen-bond acceptors (Lipinski definition) is 2. The molecule has 1 aromatic carbocycles. The number of carboxylic acid groups (broad SMARTS) is 1. The highest BCUT2D eigenvalue weighted by Crippen LogP contribution is 2.03. The molecule has 0 radical (unpaired) electrons. The van der Waals surface area contributed by atoms with Crippen LogP contribution in [0, 0.1) is 6.92 Å². The lowest BCUT2D eigenvalue weighted by Gasteiger charge is -2.04. The Morgan fingerprint density at radius 1 is 1.18 bits per heavy atom. The van der Waals surface area contributed by atoms with Crippen molar-refractivity contribution in [3.05, 3.63) is 35.4 Å². The molecule has 0 bridgehead atoms. The van der Waals surface area contributed by atoms with Crippen LogP contribution in [0.2, 0.25) is 0 Å². The summed E-state index contributed by atoms with van der Waals surface area (Å²) in [5, 5.41) is 11.8. The van der Waals surface area contributed by atoms with Crippen molar-refractivity contribution in [1.82, 2.24) is 5.32 Å². The molecule has 94 valence electrons. The van der Waals surface area contributed by atoms with Gasteiger partial charge >= 0.3 is 5.97 Å². The predicted octanol–water partition coefficient (Wildman–Crippen LogP) is 2.38. The Morgan fingerprint density at radius 3 is 2.53 bits per heavy atom. The first-order valence-corrected chi connectivity index (χ1v) is 6.16. The van der Waals surface area contributed by atoms with Crippen molar-refractivity contribution >= 4 is 5.97 Å². The van der Waals surface area contributed by atoms with Crippen molar-refractivity contribution in [3.63, 3.8) is 0 Å². The van der Waals surface area contributed by atoms with Gasteiger partial charge < -0.3 is 10.4 Å². The van der Waals surface area contributed by atoms with Crippen molar-refractivity contribution in [2.75, 3.05) is 13.1 Å². The normalized spacial score (nSPS) is 10.4. The Kier molecular flexibility index (Phi) is 6.33. The largest absolute Gasteiger partial charge is 0.481 e. The maximum Gasteiger partial charge on any atom is 0.303 e. The molecule has 17 heavy (non-hydrogen) atoms. The van der Waals surface area contributed by atoms with Gasteiger partial charge in [0.25, 0.3) is 0 Å². The lowest BCUT2D eigenvalue weighted by atomic mass is 10.1. The number of nitrogens with one attached hydrogen (secondary N) is 1. The molecule has 3 heteroatoms. The van der Waals surface area contributed by atoms with E-state index in [4.69, 9.17) is 5.11 Å².